The van der Waals surface area contributed by atoms with Gasteiger partial charge < -0.3 is 10.1 Å². The first-order chi connectivity index (χ1) is 13.2. The van der Waals surface area contributed by atoms with Gasteiger partial charge in [-0.15, -0.1) is 11.3 Å². The third-order valence-electron chi connectivity index (χ3n) is 3.74. The molecule has 152 valence electrons. The normalized spacial score (nSPS) is 12.2. The first-order valence-electron chi connectivity index (χ1n) is 8.34. The molecule has 2 aromatic rings. The second-order valence-electron chi connectivity index (χ2n) is 5.88. The molecule has 0 saturated carbocycles. The summed E-state index contributed by atoms with van der Waals surface area (Å²) in [5.41, 5.74) is 1.91. The molecule has 2 rings (SSSR count). The van der Waals surface area contributed by atoms with E-state index in [4.69, 9.17) is 4.55 Å². The highest BCUT2D eigenvalue weighted by molar-refractivity contribution is 7.87. The topological polar surface area (TPSA) is 135 Å². The quantitative estimate of drug-likeness (QED) is 0.316. The van der Waals surface area contributed by atoms with Crippen LogP contribution in [0.2, 0.25) is 0 Å². The molecule has 0 aliphatic rings. The van der Waals surface area contributed by atoms with E-state index in [0.29, 0.717) is 11.4 Å². The van der Waals surface area contributed by atoms with E-state index in [2.05, 4.69) is 15.0 Å². The van der Waals surface area contributed by atoms with Gasteiger partial charge in [-0.05, 0) is 30.5 Å². The Morgan fingerprint density at radius 1 is 1.29 bits per heavy atom. The number of hydrogen-bond acceptors (Lipinski definition) is 7. The third-order valence-corrected chi connectivity index (χ3v) is 5.24. The van der Waals surface area contributed by atoms with Crippen molar-refractivity contribution in [1.82, 2.24) is 10.3 Å². The van der Waals surface area contributed by atoms with Crippen molar-refractivity contribution < 1.29 is 27.3 Å². The number of ether oxygens (including phenoxy) is 1. The lowest BCUT2D eigenvalue weighted by molar-refractivity contribution is -0.143. The van der Waals surface area contributed by atoms with Crippen molar-refractivity contribution in [2.24, 2.45) is 0 Å². The van der Waals surface area contributed by atoms with Crippen LogP contribution >= 0.6 is 11.3 Å². The van der Waals surface area contributed by atoms with Gasteiger partial charge in [0.25, 0.3) is 0 Å². The molecule has 3 N–H and O–H groups in total. The van der Waals surface area contributed by atoms with Gasteiger partial charge in [-0.25, -0.2) is 4.98 Å². The van der Waals surface area contributed by atoms with E-state index in [9.17, 15) is 18.0 Å². The number of carbonyl (C=O) groups excluding carboxylic acids is 2. The number of amides is 1. The first-order valence-corrected chi connectivity index (χ1v) is 10.7. The van der Waals surface area contributed by atoms with E-state index >= 15 is 0 Å². The Kier molecular flexibility index (Phi) is 7.49. The first kappa shape index (κ1) is 21.8. The summed E-state index contributed by atoms with van der Waals surface area (Å²) < 4.78 is 37.0. The highest BCUT2D eigenvalue weighted by atomic mass is 32.2. The number of aromatic nitrogens is 1. The number of carbonyl (C=O) groups is 2. The van der Waals surface area contributed by atoms with Gasteiger partial charge in [-0.2, -0.15) is 8.42 Å². The smallest absolute Gasteiger partial charge is 0.357 e. The SMILES string of the molecule is CCc1csc([C@H](Cc2ccc(NS(=O)(=O)O)cc2)NC(=O)CC(=O)OC)n1. The average molecular weight is 428 g/mol. The van der Waals surface area contributed by atoms with Gasteiger partial charge in [0.15, 0.2) is 0 Å². The van der Waals surface area contributed by atoms with Crippen molar-refractivity contribution in [1.29, 1.82) is 0 Å². The molecule has 1 atom stereocenters. The highest BCUT2D eigenvalue weighted by Crippen LogP contribution is 2.24. The van der Waals surface area contributed by atoms with Crippen molar-refractivity contribution in [3.63, 3.8) is 0 Å². The Bertz CT molecular complexity index is 925. The fourth-order valence-electron chi connectivity index (χ4n) is 2.39. The largest absolute Gasteiger partial charge is 0.469 e. The third kappa shape index (κ3) is 6.91. The zero-order valence-corrected chi connectivity index (χ0v) is 17.0. The van der Waals surface area contributed by atoms with Crippen molar-refractivity contribution in [2.45, 2.75) is 32.2 Å². The molecule has 28 heavy (non-hydrogen) atoms. The molecule has 0 aliphatic carbocycles. The number of thiazole rings is 1. The Morgan fingerprint density at radius 3 is 2.50 bits per heavy atom. The fraction of sp³-hybridized carbons (Fsp3) is 0.353. The predicted octanol–water partition coefficient (Wildman–Crippen LogP) is 1.88. The van der Waals surface area contributed by atoms with Crippen LogP contribution in [0.15, 0.2) is 29.6 Å². The predicted molar refractivity (Wildman–Crippen MR) is 104 cm³/mol. The Hall–Kier alpha value is -2.50. The summed E-state index contributed by atoms with van der Waals surface area (Å²) >= 11 is 1.41. The summed E-state index contributed by atoms with van der Waals surface area (Å²) in [7, 11) is -3.13. The summed E-state index contributed by atoms with van der Waals surface area (Å²) in [5.74, 6) is -1.11. The Balaban J connectivity index is 2.16. The fourth-order valence-corrected chi connectivity index (χ4v) is 3.77. The maximum Gasteiger partial charge on any atom is 0.357 e. The molecule has 1 heterocycles. The van der Waals surface area contributed by atoms with Gasteiger partial charge in [-0.1, -0.05) is 19.1 Å². The summed E-state index contributed by atoms with van der Waals surface area (Å²) in [5, 5.41) is 5.41. The van der Waals surface area contributed by atoms with Crippen LogP contribution in [0.3, 0.4) is 0 Å². The van der Waals surface area contributed by atoms with E-state index in [-0.39, 0.29) is 5.69 Å². The van der Waals surface area contributed by atoms with Crippen molar-refractivity contribution in [2.75, 3.05) is 11.8 Å². The lowest BCUT2D eigenvalue weighted by atomic mass is 10.1. The van der Waals surface area contributed by atoms with Crippen LogP contribution in [0.5, 0.6) is 0 Å². The van der Waals surface area contributed by atoms with Gasteiger partial charge in [-0.3, -0.25) is 18.9 Å². The molecule has 9 nitrogen and oxygen atoms in total. The number of esters is 1. The van der Waals surface area contributed by atoms with Crippen molar-refractivity contribution >= 4 is 39.2 Å². The summed E-state index contributed by atoms with van der Waals surface area (Å²) in [6.07, 6.45) is 0.751. The molecule has 1 aromatic carbocycles. The number of rotatable bonds is 9. The minimum atomic E-state index is -4.35. The number of methoxy groups -OCH3 is 1. The van der Waals surface area contributed by atoms with Crippen LogP contribution in [0.25, 0.3) is 0 Å². The number of aryl methyl sites for hydroxylation is 1. The number of benzene rings is 1. The standard InChI is InChI=1S/C17H21N3O6S2/c1-3-12-10-27-17(18-12)14(19-15(21)9-16(22)26-2)8-11-4-6-13(7-5-11)20-28(23,24)25/h4-7,10,14,20H,3,8-9H2,1-2H3,(H,19,21)(H,23,24,25)/t14-/m0/s1. The molecule has 0 aliphatic heterocycles. The zero-order chi connectivity index (χ0) is 20.7. The molecule has 0 bridgehead atoms. The van der Waals surface area contributed by atoms with Crippen molar-refractivity contribution in [3.05, 3.63) is 45.9 Å². The van der Waals surface area contributed by atoms with Crippen LogP contribution in [0.4, 0.5) is 5.69 Å². The lowest BCUT2D eigenvalue weighted by Crippen LogP contribution is -2.31. The molecular formula is C17H21N3O6S2. The van der Waals surface area contributed by atoms with E-state index < -0.39 is 34.6 Å². The van der Waals surface area contributed by atoms with Crippen LogP contribution < -0.4 is 10.0 Å². The maximum atomic E-state index is 12.1. The van der Waals surface area contributed by atoms with Gasteiger partial charge in [0, 0.05) is 5.38 Å². The molecule has 0 radical (unpaired) electrons. The molecule has 1 amide bonds. The Morgan fingerprint density at radius 2 is 1.96 bits per heavy atom. The molecule has 1 aromatic heterocycles. The van der Waals surface area contributed by atoms with Gasteiger partial charge in [0.05, 0.1) is 24.5 Å². The van der Waals surface area contributed by atoms with Crippen LogP contribution in [-0.2, 0) is 37.5 Å². The van der Waals surface area contributed by atoms with E-state index in [1.54, 1.807) is 12.1 Å². The molecule has 0 unspecified atom stereocenters. The van der Waals surface area contributed by atoms with E-state index in [0.717, 1.165) is 17.7 Å². The van der Waals surface area contributed by atoms with Gasteiger partial charge in [0.1, 0.15) is 11.4 Å². The lowest BCUT2D eigenvalue weighted by Gasteiger charge is -2.17. The van der Waals surface area contributed by atoms with Crippen LogP contribution in [-0.4, -0.2) is 36.9 Å². The van der Waals surface area contributed by atoms with E-state index in [1.165, 1.54) is 30.6 Å². The Labute approximate surface area is 167 Å². The molecular weight excluding hydrogens is 406 g/mol. The summed E-state index contributed by atoms with van der Waals surface area (Å²) in [6.45, 7) is 1.98. The molecule has 0 spiro atoms. The van der Waals surface area contributed by atoms with Crippen molar-refractivity contribution in [3.8, 4) is 0 Å². The van der Waals surface area contributed by atoms with Gasteiger partial charge >= 0.3 is 16.3 Å². The molecule has 0 saturated heterocycles. The highest BCUT2D eigenvalue weighted by Gasteiger charge is 2.20. The zero-order valence-electron chi connectivity index (χ0n) is 15.3. The molecule has 11 heteroatoms. The number of anilines is 1. The average Bonchev–Trinajstić information content (AvgIpc) is 3.10. The maximum absolute atomic E-state index is 12.1. The monoisotopic (exact) mass is 427 g/mol. The summed E-state index contributed by atoms with van der Waals surface area (Å²) in [6, 6.07) is 5.87. The van der Waals surface area contributed by atoms with Gasteiger partial charge in [0.2, 0.25) is 5.91 Å². The van der Waals surface area contributed by atoms with Crippen LogP contribution in [0.1, 0.15) is 35.7 Å². The molecule has 0 fully saturated rings. The minimum Gasteiger partial charge on any atom is -0.469 e. The number of hydrogen-bond donors (Lipinski definition) is 3. The van der Waals surface area contributed by atoms with Crippen LogP contribution in [0, 0.1) is 0 Å². The number of nitrogens with one attached hydrogen (secondary N) is 2. The number of nitrogens with zero attached hydrogens (tertiary/aromatic N) is 1. The second-order valence-corrected chi connectivity index (χ2v) is 7.93. The van der Waals surface area contributed by atoms with E-state index in [1.807, 2.05) is 17.0 Å². The second kappa shape index (κ2) is 9.62. The minimum absolute atomic E-state index is 0.208. The summed E-state index contributed by atoms with van der Waals surface area (Å²) in [4.78, 5) is 28.0.